The molecule has 0 unspecified atom stereocenters. The molecule has 0 atom stereocenters. The molecule has 0 aliphatic heterocycles. The summed E-state index contributed by atoms with van der Waals surface area (Å²) in [6.45, 7) is 2.61. The largest absolute Gasteiger partial charge is 0.475 e. The molecule has 1 aromatic carbocycles. The van der Waals surface area contributed by atoms with E-state index in [1.807, 2.05) is 6.92 Å². The fourth-order valence-electron chi connectivity index (χ4n) is 3.32. The Morgan fingerprint density at radius 2 is 2.07 bits per heavy atom. The lowest BCUT2D eigenvalue weighted by molar-refractivity contribution is 0.0683. The molecule has 152 valence electrons. The van der Waals surface area contributed by atoms with E-state index in [0.29, 0.717) is 16.8 Å². The number of hydrogen-bond donors (Lipinski definition) is 3. The average molecular weight is 451 g/mol. The summed E-state index contributed by atoms with van der Waals surface area (Å²) in [7, 11) is 0. The van der Waals surface area contributed by atoms with Gasteiger partial charge in [0.2, 0.25) is 5.82 Å². The number of thiazole rings is 1. The molecular weight excluding hydrogens is 432 g/mol. The number of H-pyrrole nitrogens is 1. The summed E-state index contributed by atoms with van der Waals surface area (Å²) in [6.07, 6.45) is 2.93. The molecule has 4 N–H and O–H groups in total. The number of nitrogens with one attached hydrogen (secondary N) is 1. The van der Waals surface area contributed by atoms with Crippen molar-refractivity contribution < 1.29 is 9.90 Å². The number of carboxylic acid groups (broad SMARTS) is 1. The molecule has 3 heterocycles. The number of halogens is 1. The summed E-state index contributed by atoms with van der Waals surface area (Å²) >= 11 is 3.16. The van der Waals surface area contributed by atoms with Crippen LogP contribution in [0.1, 0.15) is 38.1 Å². The van der Waals surface area contributed by atoms with Crippen molar-refractivity contribution in [1.82, 2.24) is 15.0 Å². The number of nitrogens with zero attached hydrogens (tertiary/aromatic N) is 2. The Labute approximate surface area is 180 Å². The van der Waals surface area contributed by atoms with Crippen LogP contribution in [-0.2, 0) is 19.4 Å². The summed E-state index contributed by atoms with van der Waals surface area (Å²) in [5, 5.41) is 10.5. The fraction of sp³-hybridized carbons (Fsp3) is 0.263. The highest BCUT2D eigenvalue weighted by molar-refractivity contribution is 7.19. The van der Waals surface area contributed by atoms with E-state index in [-0.39, 0.29) is 23.8 Å². The van der Waals surface area contributed by atoms with Crippen molar-refractivity contribution in [3.05, 3.63) is 55.4 Å². The number of benzene rings is 1. The standard InChI is InChI=1S/C10H8N2O3S.C9H10N2S.ClH/c13-8-6-4-2-1-3-5(4)16-9(6)12-7(11-8)10(14)15;1-6-11-8-4-7(5-10)2-3-9(8)12-6;/h1-3H2,(H,14,15)(H,11,12,13);2-4H,5,10H2,1H3;1H. The number of carboxylic acids is 1. The number of aromatic nitrogens is 3. The number of nitrogens with two attached hydrogens (primary N) is 1. The van der Waals surface area contributed by atoms with Gasteiger partial charge < -0.3 is 15.8 Å². The highest BCUT2D eigenvalue weighted by Crippen LogP contribution is 2.34. The Morgan fingerprint density at radius 3 is 2.79 bits per heavy atom. The molecule has 10 heteroatoms. The third-order valence-electron chi connectivity index (χ3n) is 4.57. The minimum absolute atomic E-state index is 0. The minimum Gasteiger partial charge on any atom is -0.475 e. The number of fused-ring (bicyclic) bond motifs is 4. The maximum Gasteiger partial charge on any atom is 0.372 e. The Hall–Kier alpha value is -2.33. The van der Waals surface area contributed by atoms with Gasteiger partial charge >= 0.3 is 5.97 Å². The molecule has 0 saturated heterocycles. The molecule has 0 fully saturated rings. The second kappa shape index (κ2) is 8.58. The van der Waals surface area contributed by atoms with E-state index in [1.54, 1.807) is 11.3 Å². The van der Waals surface area contributed by atoms with Gasteiger partial charge in [-0.25, -0.2) is 14.8 Å². The van der Waals surface area contributed by atoms with Crippen LogP contribution in [0.4, 0.5) is 0 Å². The highest BCUT2D eigenvalue weighted by Gasteiger charge is 2.22. The van der Waals surface area contributed by atoms with E-state index in [2.05, 4.69) is 33.2 Å². The van der Waals surface area contributed by atoms with E-state index in [9.17, 15) is 9.59 Å². The molecule has 0 amide bonds. The zero-order chi connectivity index (χ0) is 19.8. The third-order valence-corrected chi connectivity index (χ3v) is 6.71. The van der Waals surface area contributed by atoms with E-state index >= 15 is 0 Å². The quantitative estimate of drug-likeness (QED) is 0.428. The lowest BCUT2D eigenvalue weighted by Gasteiger charge is -1.95. The van der Waals surface area contributed by atoms with Gasteiger partial charge in [-0.2, -0.15) is 0 Å². The zero-order valence-corrected chi connectivity index (χ0v) is 18.0. The van der Waals surface area contributed by atoms with Crippen LogP contribution in [0, 0.1) is 6.92 Å². The van der Waals surface area contributed by atoms with Gasteiger partial charge in [0.05, 0.1) is 20.6 Å². The topological polar surface area (TPSA) is 122 Å². The number of carbonyl (C=O) groups is 1. The van der Waals surface area contributed by atoms with Crippen molar-refractivity contribution in [3.63, 3.8) is 0 Å². The molecule has 4 aromatic rings. The predicted molar refractivity (Wildman–Crippen MR) is 119 cm³/mol. The first-order valence-electron chi connectivity index (χ1n) is 8.80. The molecule has 0 saturated carbocycles. The first kappa shape index (κ1) is 21.4. The molecule has 0 spiro atoms. The summed E-state index contributed by atoms with van der Waals surface area (Å²) in [4.78, 5) is 34.9. The first-order valence-corrected chi connectivity index (χ1v) is 10.4. The highest BCUT2D eigenvalue weighted by atomic mass is 35.5. The smallest absolute Gasteiger partial charge is 0.372 e. The van der Waals surface area contributed by atoms with Crippen LogP contribution in [0.5, 0.6) is 0 Å². The van der Waals surface area contributed by atoms with Crippen molar-refractivity contribution in [2.75, 3.05) is 0 Å². The lowest BCUT2D eigenvalue weighted by Crippen LogP contribution is -2.15. The molecular formula is C19H19ClN4O3S2. The van der Waals surface area contributed by atoms with Crippen LogP contribution in [0.25, 0.3) is 20.4 Å². The van der Waals surface area contributed by atoms with Gasteiger partial charge in [-0.05, 0) is 49.4 Å². The van der Waals surface area contributed by atoms with E-state index in [0.717, 1.165) is 40.9 Å². The number of aryl methyl sites for hydroxylation is 3. The number of rotatable bonds is 2. The summed E-state index contributed by atoms with van der Waals surface area (Å²) in [6, 6.07) is 6.20. The number of thiophene rings is 1. The minimum atomic E-state index is -1.20. The van der Waals surface area contributed by atoms with Crippen LogP contribution in [0.15, 0.2) is 23.0 Å². The summed E-state index contributed by atoms with van der Waals surface area (Å²) < 4.78 is 1.24. The summed E-state index contributed by atoms with van der Waals surface area (Å²) in [5.41, 5.74) is 8.47. The van der Waals surface area contributed by atoms with Gasteiger partial charge in [-0.3, -0.25) is 4.79 Å². The van der Waals surface area contributed by atoms with Crippen molar-refractivity contribution in [2.24, 2.45) is 5.73 Å². The third kappa shape index (κ3) is 4.18. The molecule has 1 aliphatic rings. The predicted octanol–water partition coefficient (Wildman–Crippen LogP) is 3.66. The molecule has 29 heavy (non-hydrogen) atoms. The Morgan fingerprint density at radius 1 is 1.28 bits per heavy atom. The lowest BCUT2D eigenvalue weighted by atomic mass is 10.2. The molecule has 0 bridgehead atoms. The molecule has 0 radical (unpaired) electrons. The monoisotopic (exact) mass is 450 g/mol. The maximum absolute atomic E-state index is 11.8. The maximum atomic E-state index is 11.8. The molecule has 1 aliphatic carbocycles. The van der Waals surface area contributed by atoms with Crippen LogP contribution in [-0.4, -0.2) is 26.0 Å². The molecule has 3 aromatic heterocycles. The van der Waals surface area contributed by atoms with Gasteiger partial charge in [0, 0.05) is 11.4 Å². The summed E-state index contributed by atoms with van der Waals surface area (Å²) in [5.74, 6) is -1.48. The Balaban J connectivity index is 0.000000167. The van der Waals surface area contributed by atoms with Crippen LogP contribution in [0.3, 0.4) is 0 Å². The van der Waals surface area contributed by atoms with Crippen LogP contribution < -0.4 is 11.3 Å². The van der Waals surface area contributed by atoms with Gasteiger partial charge in [-0.15, -0.1) is 35.1 Å². The average Bonchev–Trinajstić information content (AvgIpc) is 3.33. The van der Waals surface area contributed by atoms with Gasteiger partial charge in [0.1, 0.15) is 4.83 Å². The number of aromatic amines is 1. The van der Waals surface area contributed by atoms with Crippen LogP contribution in [0.2, 0.25) is 0 Å². The molecule has 7 nitrogen and oxygen atoms in total. The van der Waals surface area contributed by atoms with Gasteiger partial charge in [0.25, 0.3) is 5.56 Å². The Kier molecular flexibility index (Phi) is 6.33. The van der Waals surface area contributed by atoms with Crippen molar-refractivity contribution >= 4 is 61.5 Å². The van der Waals surface area contributed by atoms with Gasteiger partial charge in [-0.1, -0.05) is 6.07 Å². The second-order valence-electron chi connectivity index (χ2n) is 6.50. The number of aromatic carboxylic acids is 1. The first-order chi connectivity index (χ1) is 13.5. The van der Waals surface area contributed by atoms with E-state index < -0.39 is 5.97 Å². The number of hydrogen-bond acceptors (Lipinski definition) is 7. The van der Waals surface area contributed by atoms with Gasteiger partial charge in [0.15, 0.2) is 0 Å². The van der Waals surface area contributed by atoms with Crippen molar-refractivity contribution in [2.45, 2.75) is 32.7 Å². The van der Waals surface area contributed by atoms with E-state index in [4.69, 9.17) is 10.8 Å². The van der Waals surface area contributed by atoms with Crippen molar-refractivity contribution in [1.29, 1.82) is 0 Å². The Bertz CT molecular complexity index is 1260. The van der Waals surface area contributed by atoms with E-state index in [1.165, 1.54) is 20.9 Å². The normalized spacial score (nSPS) is 12.3. The van der Waals surface area contributed by atoms with Crippen molar-refractivity contribution in [3.8, 4) is 0 Å². The fourth-order valence-corrected chi connectivity index (χ4v) is 5.39. The molecule has 5 rings (SSSR count). The SMILES string of the molecule is Cc1nc2cc(CN)ccc2s1.Cl.O=C(O)c1nc2sc3c(c2c(=O)[nH]1)CCC3. The second-order valence-corrected chi connectivity index (χ2v) is 8.81. The zero-order valence-electron chi connectivity index (χ0n) is 15.5. The van der Waals surface area contributed by atoms with Crippen LogP contribution >= 0.6 is 35.1 Å².